The van der Waals surface area contributed by atoms with Gasteiger partial charge in [-0.25, -0.2) is 5.01 Å². The van der Waals surface area contributed by atoms with Crippen molar-refractivity contribution in [1.29, 1.82) is 0 Å². The zero-order chi connectivity index (χ0) is 18.7. The summed E-state index contributed by atoms with van der Waals surface area (Å²) in [6.07, 6.45) is 1.71. The molecule has 0 aromatic heterocycles. The minimum absolute atomic E-state index is 0.122. The largest absolute Gasteiger partial charge is 0.497 e. The average molecular weight is 391 g/mol. The van der Waals surface area contributed by atoms with Crippen LogP contribution in [-0.2, 0) is 4.79 Å². The molecular weight excluding hydrogens is 375 g/mol. The molecule has 2 aromatic rings. The molecule has 0 radical (unpaired) electrons. The molecule has 0 spiro atoms. The molecule has 0 unspecified atom stereocenters. The Bertz CT molecular complexity index is 892. The molecule has 1 N–H and O–H groups in total. The van der Waals surface area contributed by atoms with E-state index in [4.69, 9.17) is 27.9 Å². The summed E-state index contributed by atoms with van der Waals surface area (Å²) < 4.78 is 5.17. The normalized spacial score (nSPS) is 15.5. The minimum Gasteiger partial charge on any atom is -0.497 e. The fraction of sp³-hybridized carbons (Fsp3) is 0.158. The molecule has 3 rings (SSSR count). The Balaban J connectivity index is 2.04. The summed E-state index contributed by atoms with van der Waals surface area (Å²) in [5.74, 6) is 0.428. The molecule has 0 aliphatic carbocycles. The van der Waals surface area contributed by atoms with E-state index >= 15 is 0 Å². The summed E-state index contributed by atoms with van der Waals surface area (Å²) in [5, 5.41) is 15.7. The fourth-order valence-electron chi connectivity index (χ4n) is 2.57. The third kappa shape index (κ3) is 3.75. The first-order chi connectivity index (χ1) is 12.5. The molecule has 7 heteroatoms. The number of methoxy groups -OCH3 is 1. The van der Waals surface area contributed by atoms with E-state index in [1.165, 1.54) is 5.01 Å². The van der Waals surface area contributed by atoms with Crippen LogP contribution in [-0.4, -0.2) is 42.0 Å². The zero-order valence-electron chi connectivity index (χ0n) is 13.9. The zero-order valence-corrected chi connectivity index (χ0v) is 15.5. The van der Waals surface area contributed by atoms with Gasteiger partial charge in [0.25, 0.3) is 5.91 Å². The molecule has 1 aliphatic heterocycles. The number of β-amino-alcohol motifs (C(OH)–C–C–N with tert-alkyl or cyclic N) is 1. The molecular formula is C19H16Cl2N2O3. The third-order valence-electron chi connectivity index (χ3n) is 3.87. The topological polar surface area (TPSA) is 62.1 Å². The van der Waals surface area contributed by atoms with Crippen LogP contribution in [0.3, 0.4) is 0 Å². The Labute approximate surface area is 161 Å². The summed E-state index contributed by atoms with van der Waals surface area (Å²) in [5.41, 5.74) is 2.44. The number of carbonyl (C=O) groups is 1. The highest BCUT2D eigenvalue weighted by atomic mass is 35.5. The van der Waals surface area contributed by atoms with Gasteiger partial charge in [-0.15, -0.1) is 0 Å². The molecule has 0 fully saturated rings. The van der Waals surface area contributed by atoms with Crippen molar-refractivity contribution in [3.05, 3.63) is 69.2 Å². The molecule has 0 saturated heterocycles. The second-order valence-corrected chi connectivity index (χ2v) is 6.37. The Hall–Kier alpha value is -2.34. The summed E-state index contributed by atoms with van der Waals surface area (Å²) in [4.78, 5) is 12.7. The van der Waals surface area contributed by atoms with Crippen molar-refractivity contribution >= 4 is 40.9 Å². The molecule has 134 valence electrons. The second kappa shape index (κ2) is 7.91. The number of nitrogens with zero attached hydrogens (tertiary/aromatic N) is 2. The number of halogens is 2. The maximum Gasteiger partial charge on any atom is 0.276 e. The first-order valence-corrected chi connectivity index (χ1v) is 8.62. The van der Waals surface area contributed by atoms with Crippen molar-refractivity contribution in [1.82, 2.24) is 5.01 Å². The molecule has 26 heavy (non-hydrogen) atoms. The van der Waals surface area contributed by atoms with Crippen LogP contribution in [0.1, 0.15) is 11.1 Å². The molecule has 1 heterocycles. The number of benzene rings is 2. The van der Waals surface area contributed by atoms with Crippen LogP contribution in [0.4, 0.5) is 0 Å². The molecule has 1 aliphatic rings. The number of aliphatic hydroxyl groups excluding tert-OH is 1. The Morgan fingerprint density at radius 3 is 2.50 bits per heavy atom. The number of rotatable bonds is 5. The molecule has 0 saturated carbocycles. The number of hydrogen-bond acceptors (Lipinski definition) is 4. The fourth-order valence-corrected chi connectivity index (χ4v) is 2.87. The lowest BCUT2D eigenvalue weighted by molar-refractivity contribution is -0.126. The Morgan fingerprint density at radius 1 is 1.15 bits per heavy atom. The van der Waals surface area contributed by atoms with E-state index in [9.17, 15) is 9.90 Å². The van der Waals surface area contributed by atoms with Gasteiger partial charge in [0.15, 0.2) is 0 Å². The summed E-state index contributed by atoms with van der Waals surface area (Å²) in [6.45, 7) is -0.0532. The monoisotopic (exact) mass is 390 g/mol. The van der Waals surface area contributed by atoms with Crippen molar-refractivity contribution in [3.8, 4) is 5.75 Å². The molecule has 0 atom stereocenters. The minimum atomic E-state index is -0.282. The maximum absolute atomic E-state index is 12.7. The van der Waals surface area contributed by atoms with Gasteiger partial charge in [0.1, 0.15) is 11.5 Å². The van der Waals surface area contributed by atoms with E-state index in [2.05, 4.69) is 5.10 Å². The first-order valence-electron chi connectivity index (χ1n) is 7.86. The number of aliphatic hydroxyl groups is 1. The predicted octanol–water partition coefficient (Wildman–Crippen LogP) is 3.62. The number of hydrazone groups is 1. The summed E-state index contributed by atoms with van der Waals surface area (Å²) >= 11 is 12.0. The van der Waals surface area contributed by atoms with Gasteiger partial charge in [-0.3, -0.25) is 4.79 Å². The first kappa shape index (κ1) is 18.5. The Kier molecular flexibility index (Phi) is 5.61. The molecule has 1 amide bonds. The number of amides is 1. The summed E-state index contributed by atoms with van der Waals surface area (Å²) in [7, 11) is 1.59. The highest BCUT2D eigenvalue weighted by molar-refractivity contribution is 6.42. The lowest BCUT2D eigenvalue weighted by Gasteiger charge is -2.08. The van der Waals surface area contributed by atoms with Crippen LogP contribution in [0.2, 0.25) is 10.0 Å². The van der Waals surface area contributed by atoms with Crippen molar-refractivity contribution in [2.75, 3.05) is 20.3 Å². The van der Waals surface area contributed by atoms with Crippen molar-refractivity contribution in [3.63, 3.8) is 0 Å². The number of ether oxygens (including phenoxy) is 1. The highest BCUT2D eigenvalue weighted by Gasteiger charge is 2.30. The van der Waals surface area contributed by atoms with Crippen LogP contribution in [0.25, 0.3) is 6.08 Å². The van der Waals surface area contributed by atoms with E-state index in [1.807, 2.05) is 12.1 Å². The van der Waals surface area contributed by atoms with Crippen molar-refractivity contribution < 1.29 is 14.6 Å². The maximum atomic E-state index is 12.7. The molecule has 2 aromatic carbocycles. The van der Waals surface area contributed by atoms with Gasteiger partial charge < -0.3 is 9.84 Å². The van der Waals surface area contributed by atoms with Crippen molar-refractivity contribution in [2.45, 2.75) is 0 Å². The van der Waals surface area contributed by atoms with Gasteiger partial charge in [0.2, 0.25) is 0 Å². The quantitative estimate of drug-likeness (QED) is 0.792. The highest BCUT2D eigenvalue weighted by Crippen LogP contribution is 2.27. The standard InChI is InChI=1S/C19H16Cl2N2O3/c1-26-14-5-3-13(4-6-14)18-15(19(25)23(22-18)8-9-24)10-12-2-7-16(20)17(21)11-12/h2-7,10-11,24H,8-9H2,1H3/b15-10-. The van der Waals surface area contributed by atoms with Crippen LogP contribution < -0.4 is 4.74 Å². The SMILES string of the molecule is COc1ccc(C2=NN(CCO)C(=O)/C2=C\c2ccc(Cl)c(Cl)c2)cc1. The average Bonchev–Trinajstić information content (AvgIpc) is 2.95. The molecule has 0 bridgehead atoms. The lowest BCUT2D eigenvalue weighted by atomic mass is 10.00. The third-order valence-corrected chi connectivity index (χ3v) is 4.61. The predicted molar refractivity (Wildman–Crippen MR) is 103 cm³/mol. The van der Waals surface area contributed by atoms with Gasteiger partial charge in [-0.2, -0.15) is 5.10 Å². The van der Waals surface area contributed by atoms with E-state index in [-0.39, 0.29) is 19.1 Å². The van der Waals surface area contributed by atoms with Crippen LogP contribution in [0, 0.1) is 0 Å². The smallest absolute Gasteiger partial charge is 0.276 e. The summed E-state index contributed by atoms with van der Waals surface area (Å²) in [6, 6.07) is 12.4. The van der Waals surface area contributed by atoms with E-state index < -0.39 is 0 Å². The number of carbonyl (C=O) groups excluding carboxylic acids is 1. The van der Waals surface area contributed by atoms with Gasteiger partial charge in [0.05, 0.1) is 35.9 Å². The van der Waals surface area contributed by atoms with E-state index in [0.717, 1.165) is 11.1 Å². The van der Waals surface area contributed by atoms with E-state index in [1.54, 1.807) is 43.5 Å². The lowest BCUT2D eigenvalue weighted by Crippen LogP contribution is -2.25. The van der Waals surface area contributed by atoms with Crippen LogP contribution in [0.15, 0.2) is 53.1 Å². The van der Waals surface area contributed by atoms with Gasteiger partial charge in [-0.1, -0.05) is 29.3 Å². The van der Waals surface area contributed by atoms with Gasteiger partial charge in [0, 0.05) is 5.56 Å². The van der Waals surface area contributed by atoms with E-state index in [0.29, 0.717) is 27.1 Å². The van der Waals surface area contributed by atoms with Crippen molar-refractivity contribution in [2.24, 2.45) is 5.10 Å². The number of hydrogen-bond donors (Lipinski definition) is 1. The van der Waals surface area contributed by atoms with Crippen LogP contribution in [0.5, 0.6) is 5.75 Å². The van der Waals surface area contributed by atoms with Gasteiger partial charge in [-0.05, 0) is 48.0 Å². The molecule has 5 nitrogen and oxygen atoms in total. The second-order valence-electron chi connectivity index (χ2n) is 5.56. The van der Waals surface area contributed by atoms with Gasteiger partial charge >= 0.3 is 0 Å². The Morgan fingerprint density at radius 2 is 1.88 bits per heavy atom. The van der Waals surface area contributed by atoms with Crippen LogP contribution >= 0.6 is 23.2 Å².